The summed E-state index contributed by atoms with van der Waals surface area (Å²) < 4.78 is 0. The zero-order valence-corrected chi connectivity index (χ0v) is 7.55. The minimum Gasteiger partial charge on any atom is -0.353 e. The first-order valence-electron chi connectivity index (χ1n) is 4.73. The van der Waals surface area contributed by atoms with E-state index in [2.05, 4.69) is 17.3 Å². The van der Waals surface area contributed by atoms with E-state index in [9.17, 15) is 4.79 Å². The summed E-state index contributed by atoms with van der Waals surface area (Å²) in [6.45, 7) is 2.35. The predicted molar refractivity (Wildman–Crippen MR) is 46.8 cm³/mol. The highest BCUT2D eigenvalue weighted by molar-refractivity contribution is 5.78. The number of amides is 1. The van der Waals surface area contributed by atoms with Gasteiger partial charge in [0.2, 0.25) is 5.91 Å². The van der Waals surface area contributed by atoms with E-state index in [1.54, 1.807) is 0 Å². The molecule has 2 saturated heterocycles. The van der Waals surface area contributed by atoms with Crippen LogP contribution in [0.3, 0.4) is 0 Å². The Labute approximate surface area is 73.1 Å². The van der Waals surface area contributed by atoms with Gasteiger partial charge >= 0.3 is 0 Å². The van der Waals surface area contributed by atoms with Crippen molar-refractivity contribution in [2.75, 3.05) is 20.1 Å². The van der Waals surface area contributed by atoms with Gasteiger partial charge in [-0.15, -0.1) is 0 Å². The summed E-state index contributed by atoms with van der Waals surface area (Å²) in [5.74, 6) is 0.955. The molecule has 2 heterocycles. The Morgan fingerprint density at radius 2 is 2.33 bits per heavy atom. The summed E-state index contributed by atoms with van der Waals surface area (Å²) in [4.78, 5) is 13.3. The molecule has 68 valence electrons. The molecule has 3 nitrogen and oxygen atoms in total. The van der Waals surface area contributed by atoms with Gasteiger partial charge in [-0.25, -0.2) is 0 Å². The SMILES string of the molecule is CN1CCC(C2CCC(=O)N2)C1. The van der Waals surface area contributed by atoms with Gasteiger partial charge < -0.3 is 10.2 Å². The number of carbonyl (C=O) groups excluding carboxylic acids is 1. The number of nitrogens with zero attached hydrogens (tertiary/aromatic N) is 1. The first kappa shape index (κ1) is 8.05. The molecule has 2 atom stereocenters. The van der Waals surface area contributed by atoms with E-state index in [1.807, 2.05) is 0 Å². The monoisotopic (exact) mass is 168 g/mol. The molecular formula is C9H16N2O. The number of carbonyl (C=O) groups is 1. The summed E-state index contributed by atoms with van der Waals surface area (Å²) in [6, 6.07) is 0.474. The molecule has 0 aliphatic carbocycles. The van der Waals surface area contributed by atoms with E-state index in [-0.39, 0.29) is 5.91 Å². The largest absolute Gasteiger partial charge is 0.353 e. The molecule has 0 aromatic heterocycles. The smallest absolute Gasteiger partial charge is 0.220 e. The van der Waals surface area contributed by atoms with Crippen LogP contribution >= 0.6 is 0 Å². The van der Waals surface area contributed by atoms with Crippen molar-refractivity contribution < 1.29 is 4.79 Å². The fraction of sp³-hybridized carbons (Fsp3) is 0.889. The third-order valence-electron chi connectivity index (χ3n) is 3.03. The number of rotatable bonds is 1. The number of likely N-dealkylation sites (tertiary alicyclic amines) is 1. The zero-order valence-electron chi connectivity index (χ0n) is 7.55. The van der Waals surface area contributed by atoms with Crippen molar-refractivity contribution in [3.05, 3.63) is 0 Å². The summed E-state index contributed by atoms with van der Waals surface area (Å²) in [5, 5.41) is 3.05. The van der Waals surface area contributed by atoms with E-state index in [4.69, 9.17) is 0 Å². The lowest BCUT2D eigenvalue weighted by Crippen LogP contribution is -2.34. The first-order valence-corrected chi connectivity index (χ1v) is 4.73. The molecule has 2 aliphatic heterocycles. The molecule has 2 aliphatic rings. The molecule has 2 fully saturated rings. The second-order valence-corrected chi connectivity index (χ2v) is 4.02. The second-order valence-electron chi connectivity index (χ2n) is 4.02. The maximum atomic E-state index is 11.0. The topological polar surface area (TPSA) is 32.3 Å². The fourth-order valence-corrected chi connectivity index (χ4v) is 2.29. The molecule has 0 bridgehead atoms. The van der Waals surface area contributed by atoms with Gasteiger partial charge in [0, 0.05) is 19.0 Å². The summed E-state index contributed by atoms with van der Waals surface area (Å²) in [7, 11) is 2.15. The lowest BCUT2D eigenvalue weighted by molar-refractivity contribution is -0.119. The summed E-state index contributed by atoms with van der Waals surface area (Å²) >= 11 is 0. The van der Waals surface area contributed by atoms with Crippen LogP contribution in [-0.4, -0.2) is 37.0 Å². The number of nitrogens with one attached hydrogen (secondary N) is 1. The molecular weight excluding hydrogens is 152 g/mol. The Balaban J connectivity index is 1.89. The van der Waals surface area contributed by atoms with Gasteiger partial charge in [-0.1, -0.05) is 0 Å². The third kappa shape index (κ3) is 1.46. The van der Waals surface area contributed by atoms with Crippen LogP contribution in [0.1, 0.15) is 19.3 Å². The maximum absolute atomic E-state index is 11.0. The van der Waals surface area contributed by atoms with Crippen LogP contribution in [0.15, 0.2) is 0 Å². The van der Waals surface area contributed by atoms with Crippen LogP contribution < -0.4 is 5.32 Å². The average molecular weight is 168 g/mol. The van der Waals surface area contributed by atoms with E-state index in [0.29, 0.717) is 12.0 Å². The van der Waals surface area contributed by atoms with Crippen molar-refractivity contribution in [1.29, 1.82) is 0 Å². The van der Waals surface area contributed by atoms with Gasteiger partial charge in [-0.05, 0) is 32.4 Å². The van der Waals surface area contributed by atoms with E-state index >= 15 is 0 Å². The summed E-state index contributed by atoms with van der Waals surface area (Å²) in [5.41, 5.74) is 0. The lowest BCUT2D eigenvalue weighted by atomic mass is 9.98. The fourth-order valence-electron chi connectivity index (χ4n) is 2.29. The van der Waals surface area contributed by atoms with E-state index in [1.165, 1.54) is 13.0 Å². The molecule has 1 N–H and O–H groups in total. The lowest BCUT2D eigenvalue weighted by Gasteiger charge is -2.17. The first-order chi connectivity index (χ1) is 5.75. The van der Waals surface area contributed by atoms with Gasteiger partial charge in [0.25, 0.3) is 0 Å². The highest BCUT2D eigenvalue weighted by atomic mass is 16.1. The number of hydrogen-bond acceptors (Lipinski definition) is 2. The number of hydrogen-bond donors (Lipinski definition) is 1. The van der Waals surface area contributed by atoms with E-state index < -0.39 is 0 Å². The van der Waals surface area contributed by atoms with Gasteiger partial charge in [0.15, 0.2) is 0 Å². The minimum absolute atomic E-state index is 0.245. The van der Waals surface area contributed by atoms with Crippen LogP contribution in [0.5, 0.6) is 0 Å². The third-order valence-corrected chi connectivity index (χ3v) is 3.03. The van der Waals surface area contributed by atoms with Crippen LogP contribution in [0.2, 0.25) is 0 Å². The van der Waals surface area contributed by atoms with Gasteiger partial charge in [0.1, 0.15) is 0 Å². The Bertz CT molecular complexity index is 193. The van der Waals surface area contributed by atoms with Crippen molar-refractivity contribution in [1.82, 2.24) is 10.2 Å². The van der Waals surface area contributed by atoms with Crippen LogP contribution in [0, 0.1) is 5.92 Å². The normalized spacial score (nSPS) is 37.2. The van der Waals surface area contributed by atoms with Crippen LogP contribution in [0.25, 0.3) is 0 Å². The van der Waals surface area contributed by atoms with Gasteiger partial charge in [-0.3, -0.25) is 4.79 Å². The van der Waals surface area contributed by atoms with Crippen LogP contribution in [0.4, 0.5) is 0 Å². The average Bonchev–Trinajstić information content (AvgIpc) is 2.58. The zero-order chi connectivity index (χ0) is 8.55. The predicted octanol–water partition coefficient (Wildman–Crippen LogP) is 0.217. The Morgan fingerprint density at radius 3 is 2.83 bits per heavy atom. The molecule has 0 aromatic rings. The maximum Gasteiger partial charge on any atom is 0.220 e. The molecule has 12 heavy (non-hydrogen) atoms. The molecule has 0 saturated carbocycles. The standard InChI is InChI=1S/C9H16N2O/c1-11-5-4-7(6-11)8-2-3-9(12)10-8/h7-8H,2-6H2,1H3,(H,10,12). The van der Waals surface area contributed by atoms with Crippen molar-refractivity contribution in [3.8, 4) is 0 Å². The van der Waals surface area contributed by atoms with Gasteiger partial charge in [0.05, 0.1) is 0 Å². The van der Waals surface area contributed by atoms with Crippen molar-refractivity contribution >= 4 is 5.91 Å². The molecule has 2 rings (SSSR count). The minimum atomic E-state index is 0.245. The highest BCUT2D eigenvalue weighted by Crippen LogP contribution is 2.23. The molecule has 0 radical (unpaired) electrons. The Morgan fingerprint density at radius 1 is 1.50 bits per heavy atom. The van der Waals surface area contributed by atoms with Crippen molar-refractivity contribution in [2.45, 2.75) is 25.3 Å². The molecule has 1 amide bonds. The van der Waals surface area contributed by atoms with Crippen molar-refractivity contribution in [2.24, 2.45) is 5.92 Å². The summed E-state index contributed by atoms with van der Waals surface area (Å²) in [6.07, 6.45) is 3.05. The Hall–Kier alpha value is -0.570. The molecule has 2 unspecified atom stereocenters. The van der Waals surface area contributed by atoms with Crippen LogP contribution in [-0.2, 0) is 4.79 Å². The Kier molecular flexibility index (Phi) is 2.05. The second kappa shape index (κ2) is 3.05. The molecule has 0 spiro atoms. The van der Waals surface area contributed by atoms with Crippen molar-refractivity contribution in [3.63, 3.8) is 0 Å². The molecule has 0 aromatic carbocycles. The quantitative estimate of drug-likeness (QED) is 0.607. The van der Waals surface area contributed by atoms with Gasteiger partial charge in [-0.2, -0.15) is 0 Å². The van der Waals surface area contributed by atoms with E-state index in [0.717, 1.165) is 19.4 Å². The molecule has 3 heteroatoms. The highest BCUT2D eigenvalue weighted by Gasteiger charge is 2.32.